The van der Waals surface area contributed by atoms with Gasteiger partial charge in [0.1, 0.15) is 12.6 Å². The van der Waals surface area contributed by atoms with Gasteiger partial charge in [0.15, 0.2) is 11.5 Å². The van der Waals surface area contributed by atoms with Crippen LogP contribution in [-0.4, -0.2) is 22.2 Å². The lowest BCUT2D eigenvalue weighted by Crippen LogP contribution is -2.34. The number of benzene rings is 2. The summed E-state index contributed by atoms with van der Waals surface area (Å²) in [5.74, 6) is -0.956. The van der Waals surface area contributed by atoms with Crippen LogP contribution in [0.15, 0.2) is 48.5 Å². The van der Waals surface area contributed by atoms with E-state index in [0.717, 1.165) is 5.56 Å². The Morgan fingerprint density at radius 1 is 1.05 bits per heavy atom. The van der Waals surface area contributed by atoms with E-state index in [-0.39, 0.29) is 24.5 Å². The first-order valence-corrected chi connectivity index (χ1v) is 6.53. The zero-order valence-electron chi connectivity index (χ0n) is 11.4. The molecular formula is C16H17NO4. The number of carbonyl (C=O) groups excluding carboxylic acids is 1. The summed E-state index contributed by atoms with van der Waals surface area (Å²) in [7, 11) is 0. The lowest BCUT2D eigenvalue weighted by atomic mass is 10.1. The molecular weight excluding hydrogens is 270 g/mol. The van der Waals surface area contributed by atoms with Crippen molar-refractivity contribution in [1.82, 2.24) is 0 Å². The number of hydrogen-bond acceptors (Lipinski definition) is 5. The molecule has 1 atom stereocenters. The number of carbonyl (C=O) groups is 1. The monoisotopic (exact) mass is 287 g/mol. The van der Waals surface area contributed by atoms with Gasteiger partial charge in [0.25, 0.3) is 0 Å². The number of esters is 1. The van der Waals surface area contributed by atoms with E-state index in [4.69, 9.17) is 10.5 Å². The minimum absolute atomic E-state index is 0.175. The van der Waals surface area contributed by atoms with Crippen LogP contribution in [0.25, 0.3) is 0 Å². The molecule has 0 fully saturated rings. The third-order valence-electron chi connectivity index (χ3n) is 3.02. The van der Waals surface area contributed by atoms with Crippen molar-refractivity contribution in [3.8, 4) is 11.5 Å². The topological polar surface area (TPSA) is 92.8 Å². The number of ether oxygens (including phenoxy) is 1. The average Bonchev–Trinajstić information content (AvgIpc) is 2.49. The number of phenolic OH excluding ortho intramolecular Hbond substituents is 2. The first kappa shape index (κ1) is 14.9. The van der Waals surface area contributed by atoms with Crippen LogP contribution in [0.4, 0.5) is 0 Å². The van der Waals surface area contributed by atoms with E-state index in [1.165, 1.54) is 12.1 Å². The molecule has 0 saturated carbocycles. The zero-order valence-corrected chi connectivity index (χ0v) is 11.4. The Kier molecular flexibility index (Phi) is 4.79. The fourth-order valence-electron chi connectivity index (χ4n) is 1.87. The van der Waals surface area contributed by atoms with Gasteiger partial charge in [-0.3, -0.25) is 4.79 Å². The Bertz CT molecular complexity index is 613. The number of hydrogen-bond donors (Lipinski definition) is 3. The molecule has 2 aromatic rings. The van der Waals surface area contributed by atoms with Crippen molar-refractivity contribution in [3.63, 3.8) is 0 Å². The molecule has 0 aliphatic heterocycles. The highest BCUT2D eigenvalue weighted by molar-refractivity contribution is 5.76. The third kappa shape index (κ3) is 4.22. The van der Waals surface area contributed by atoms with Crippen molar-refractivity contribution >= 4 is 5.97 Å². The van der Waals surface area contributed by atoms with E-state index in [1.54, 1.807) is 6.07 Å². The number of phenols is 2. The molecule has 0 saturated heterocycles. The summed E-state index contributed by atoms with van der Waals surface area (Å²) < 4.78 is 5.14. The van der Waals surface area contributed by atoms with Crippen LogP contribution in [0.1, 0.15) is 11.1 Å². The van der Waals surface area contributed by atoms with Crippen LogP contribution in [0.3, 0.4) is 0 Å². The van der Waals surface area contributed by atoms with Crippen molar-refractivity contribution in [2.24, 2.45) is 5.73 Å². The van der Waals surface area contributed by atoms with Gasteiger partial charge in [-0.1, -0.05) is 36.4 Å². The summed E-state index contributed by atoms with van der Waals surface area (Å²) in [4.78, 5) is 11.8. The Hall–Kier alpha value is -2.53. The largest absolute Gasteiger partial charge is 0.504 e. The average molecular weight is 287 g/mol. The summed E-state index contributed by atoms with van der Waals surface area (Å²) in [5.41, 5.74) is 7.32. The molecule has 2 rings (SSSR count). The maximum Gasteiger partial charge on any atom is 0.323 e. The highest BCUT2D eigenvalue weighted by Crippen LogP contribution is 2.25. The molecule has 0 heterocycles. The van der Waals surface area contributed by atoms with Gasteiger partial charge < -0.3 is 20.7 Å². The van der Waals surface area contributed by atoms with Crippen LogP contribution in [0.2, 0.25) is 0 Å². The normalized spacial score (nSPS) is 11.9. The van der Waals surface area contributed by atoms with Crippen molar-refractivity contribution in [3.05, 3.63) is 59.7 Å². The summed E-state index contributed by atoms with van der Waals surface area (Å²) in [5, 5.41) is 18.6. The van der Waals surface area contributed by atoms with E-state index in [1.807, 2.05) is 30.3 Å². The predicted molar refractivity (Wildman–Crippen MR) is 77.7 cm³/mol. The Balaban J connectivity index is 1.88. The SMILES string of the molecule is N[C@H](Cc1ccc(O)c(O)c1)C(=O)OCc1ccccc1. The fraction of sp³-hybridized carbons (Fsp3) is 0.188. The Morgan fingerprint density at radius 3 is 2.43 bits per heavy atom. The molecule has 0 spiro atoms. The first-order chi connectivity index (χ1) is 10.1. The second-order valence-corrected chi connectivity index (χ2v) is 4.73. The van der Waals surface area contributed by atoms with Gasteiger partial charge >= 0.3 is 5.97 Å². The number of nitrogens with two attached hydrogens (primary N) is 1. The molecule has 0 amide bonds. The molecule has 5 heteroatoms. The molecule has 0 bridgehead atoms. The minimum Gasteiger partial charge on any atom is -0.504 e. The first-order valence-electron chi connectivity index (χ1n) is 6.53. The predicted octanol–water partition coefficient (Wildman–Crippen LogP) is 1.71. The lowest BCUT2D eigenvalue weighted by molar-refractivity contribution is -0.146. The van der Waals surface area contributed by atoms with E-state index < -0.39 is 12.0 Å². The maximum atomic E-state index is 11.8. The van der Waals surface area contributed by atoms with Crippen molar-refractivity contribution in [2.75, 3.05) is 0 Å². The minimum atomic E-state index is -0.822. The summed E-state index contributed by atoms with van der Waals surface area (Å²) in [6.45, 7) is 0.175. The highest BCUT2D eigenvalue weighted by atomic mass is 16.5. The Labute approximate surface area is 122 Å². The molecule has 0 radical (unpaired) electrons. The van der Waals surface area contributed by atoms with Gasteiger partial charge in [0.05, 0.1) is 0 Å². The third-order valence-corrected chi connectivity index (χ3v) is 3.02. The highest BCUT2D eigenvalue weighted by Gasteiger charge is 2.16. The fourth-order valence-corrected chi connectivity index (χ4v) is 1.87. The second kappa shape index (κ2) is 6.76. The maximum absolute atomic E-state index is 11.8. The van der Waals surface area contributed by atoms with Gasteiger partial charge in [-0.2, -0.15) is 0 Å². The molecule has 0 aliphatic rings. The molecule has 0 aromatic heterocycles. The van der Waals surface area contributed by atoms with Crippen molar-refractivity contribution in [2.45, 2.75) is 19.1 Å². The quantitative estimate of drug-likeness (QED) is 0.575. The smallest absolute Gasteiger partial charge is 0.323 e. The number of aromatic hydroxyl groups is 2. The molecule has 4 N–H and O–H groups in total. The van der Waals surface area contributed by atoms with Crippen LogP contribution in [0.5, 0.6) is 11.5 Å². The molecule has 5 nitrogen and oxygen atoms in total. The van der Waals surface area contributed by atoms with E-state index in [0.29, 0.717) is 5.56 Å². The Morgan fingerprint density at radius 2 is 1.76 bits per heavy atom. The molecule has 2 aromatic carbocycles. The lowest BCUT2D eigenvalue weighted by Gasteiger charge is -2.12. The molecule has 0 unspecified atom stereocenters. The van der Waals surface area contributed by atoms with Crippen LogP contribution >= 0.6 is 0 Å². The van der Waals surface area contributed by atoms with E-state index in [9.17, 15) is 15.0 Å². The van der Waals surface area contributed by atoms with Gasteiger partial charge in [0.2, 0.25) is 0 Å². The molecule has 0 aliphatic carbocycles. The molecule has 21 heavy (non-hydrogen) atoms. The van der Waals surface area contributed by atoms with Crippen LogP contribution in [0, 0.1) is 0 Å². The zero-order chi connectivity index (χ0) is 15.2. The van der Waals surface area contributed by atoms with Crippen molar-refractivity contribution in [1.29, 1.82) is 0 Å². The standard InChI is InChI=1S/C16H17NO4/c17-13(8-12-6-7-14(18)15(19)9-12)16(20)21-10-11-4-2-1-3-5-11/h1-7,9,13,18-19H,8,10,17H2/t13-/m1/s1. The number of rotatable bonds is 5. The van der Waals surface area contributed by atoms with Gasteiger partial charge in [0, 0.05) is 0 Å². The summed E-state index contributed by atoms with van der Waals surface area (Å²) in [6, 6.07) is 12.8. The van der Waals surface area contributed by atoms with E-state index >= 15 is 0 Å². The summed E-state index contributed by atoms with van der Waals surface area (Å²) >= 11 is 0. The van der Waals surface area contributed by atoms with Crippen molar-refractivity contribution < 1.29 is 19.7 Å². The van der Waals surface area contributed by atoms with E-state index in [2.05, 4.69) is 0 Å². The van der Waals surface area contributed by atoms with Gasteiger partial charge in [-0.05, 0) is 29.7 Å². The van der Waals surface area contributed by atoms with Crippen LogP contribution in [-0.2, 0) is 22.6 Å². The summed E-state index contributed by atoms with van der Waals surface area (Å²) in [6.07, 6.45) is 0.224. The second-order valence-electron chi connectivity index (χ2n) is 4.73. The van der Waals surface area contributed by atoms with Gasteiger partial charge in [-0.15, -0.1) is 0 Å². The van der Waals surface area contributed by atoms with Crippen LogP contribution < -0.4 is 5.73 Å². The molecule has 110 valence electrons. The van der Waals surface area contributed by atoms with Gasteiger partial charge in [-0.25, -0.2) is 0 Å².